The summed E-state index contributed by atoms with van der Waals surface area (Å²) in [7, 11) is 6.17. The number of fused-ring (bicyclic) bond motifs is 5. The number of carbonyl (C=O) groups excluding carboxylic acids is 8. The van der Waals surface area contributed by atoms with Crippen LogP contribution >= 0.6 is 43.5 Å². The number of phenols is 1. The van der Waals surface area contributed by atoms with Gasteiger partial charge in [0.15, 0.2) is 12.0 Å². The quantitative estimate of drug-likeness (QED) is 0.0116. The fourth-order valence-electron chi connectivity index (χ4n) is 11.0. The number of urea groups is 1. The molecule has 0 unspecified atom stereocenters. The van der Waals surface area contributed by atoms with Gasteiger partial charge in [0, 0.05) is 75.7 Å². The summed E-state index contributed by atoms with van der Waals surface area (Å²) in [5, 5.41) is 37.3. The number of benzene rings is 2. The van der Waals surface area contributed by atoms with Crippen LogP contribution in [0.5, 0.6) is 11.5 Å². The summed E-state index contributed by atoms with van der Waals surface area (Å²) in [5.74, 6) is -4.36. The Labute approximate surface area is 543 Å². The number of phenolic OH excluding ortho intramolecular Hbond substituents is 1. The number of primary amides is 1. The number of ether oxygens (including phenoxy) is 6. The van der Waals surface area contributed by atoms with Gasteiger partial charge in [-0.2, -0.15) is 0 Å². The molecule has 3 aliphatic heterocycles. The third-order valence-corrected chi connectivity index (χ3v) is 18.7. The number of unbranched alkanes of at least 4 members (excludes halogenated alkanes) is 1. The first-order valence-corrected chi connectivity index (χ1v) is 32.3. The predicted octanol–water partition coefficient (Wildman–Crippen LogP) is 7.10. The van der Waals surface area contributed by atoms with E-state index in [1.54, 1.807) is 32.9 Å². The second-order valence-electron chi connectivity index (χ2n) is 24.4. The Morgan fingerprint density at radius 1 is 1.04 bits per heavy atom. The molecule has 0 aliphatic carbocycles. The number of hydrogen-bond donors (Lipinski definition) is 8. The smallest absolute Gasteiger partial charge is 0.409 e. The largest absolute Gasteiger partial charge is 0.506 e. The number of carbonyl (C=O) groups is 8. The summed E-state index contributed by atoms with van der Waals surface area (Å²) in [6.07, 6.45) is 4.14. The van der Waals surface area contributed by atoms with Crippen LogP contribution in [0.15, 0.2) is 54.1 Å². The number of nitrogens with one attached hydrogen (secondary N) is 5. The molecule has 3 aliphatic rings. The van der Waals surface area contributed by atoms with Gasteiger partial charge in [-0.15, -0.1) is 0 Å². The summed E-state index contributed by atoms with van der Waals surface area (Å²) < 4.78 is 36.1. The van der Waals surface area contributed by atoms with Crippen molar-refractivity contribution >= 4 is 103 Å². The molecule has 27 heteroatoms. The van der Waals surface area contributed by atoms with Crippen molar-refractivity contribution < 1.29 is 77.0 Å². The number of alkyl carbamates (subject to hydrolysis) is 1. The van der Waals surface area contributed by atoms with Crippen molar-refractivity contribution in [3.05, 3.63) is 70.3 Å². The van der Waals surface area contributed by atoms with E-state index in [-0.39, 0.29) is 56.4 Å². The zero-order valence-electron chi connectivity index (χ0n) is 52.8. The molecule has 7 amide bonds. The van der Waals surface area contributed by atoms with E-state index in [0.29, 0.717) is 52.8 Å². The maximum Gasteiger partial charge on any atom is 0.409 e. The standard InChI is InChI=1S/C62H89Br2ClN8O16/c1-35(2)51(70-49(76)20-13-14-24-59(6,7)89-61(32-63,33-64)34-74)54(78)69-42(18-16-25-67-57(66)81)53(77)68-41-22-21-40(30-44(41)75)55(79)73(10)38(5)56(80)87-47-23-26-72(9)43-28-39(29-45(84-11)50(43)65)27-36(3)17-15-19-48(85-12)62(83)31-46(86-58(82)71-62)37(4)52-60(47,8)88-52/h15,17,19,21-22,28-30,34-35,37-38,42,46-48,51-52,75,83H,13-14,16,18,20,23-27,31-33H2,1-12H3,(H,68,77)(H,69,78)(H,70,76)(H,71,82)(H3,66,67,81)/b19-15+,36-17+/t37-,38+,42+,46+,47+,48-,51+,52+,60+,62+/m1/s1. The number of alkyl halides is 2. The average molecular weight is 1400 g/mol. The number of likely N-dealkylation sites (N-methyl/N-ethyl adjacent to an activating group) is 1. The Hall–Kier alpha value is -6.03. The Bertz CT molecular complexity index is 2930. The number of rotatable bonds is 26. The highest BCUT2D eigenvalue weighted by Gasteiger charge is 2.64. The molecule has 2 aromatic carbocycles. The van der Waals surface area contributed by atoms with Crippen molar-refractivity contribution in [2.75, 3.05) is 62.3 Å². The minimum absolute atomic E-state index is 0.0108. The van der Waals surface area contributed by atoms with E-state index in [1.165, 1.54) is 40.3 Å². The van der Waals surface area contributed by atoms with Gasteiger partial charge in [0.05, 0.1) is 30.2 Å². The molecule has 2 fully saturated rings. The fourth-order valence-corrected chi connectivity index (χ4v) is 12.7. The highest BCUT2D eigenvalue weighted by molar-refractivity contribution is 9.10. The lowest BCUT2D eigenvalue weighted by molar-refractivity contribution is -0.157. The highest BCUT2D eigenvalue weighted by Crippen LogP contribution is 2.49. The van der Waals surface area contributed by atoms with Gasteiger partial charge in [0.25, 0.3) is 5.91 Å². The minimum atomic E-state index is -1.87. The summed E-state index contributed by atoms with van der Waals surface area (Å²) >= 11 is 13.6. The zero-order valence-corrected chi connectivity index (χ0v) is 56.7. The molecule has 24 nitrogen and oxygen atoms in total. The SMILES string of the molecule is COc1cc2cc(c1Cl)N(C)CC[C@H](OC(=O)[C@H](C)N(C)C(=O)c1ccc(NC(=O)[C@H](CCCNC(N)=O)NC(=O)[C@@H](NC(=O)CCCCC(C)(C)OC(C=O)(CBr)CBr)C(C)C)c(O)c1)[C@]1(C)O[C@H]1[C@H](C)[C@@H]1C[C@@](O)(NC(=O)O1)[C@H](OC)/C=C/C=C(\C)C2. The lowest BCUT2D eigenvalue weighted by Crippen LogP contribution is -2.63. The Morgan fingerprint density at radius 2 is 1.74 bits per heavy atom. The first-order chi connectivity index (χ1) is 41.8. The Morgan fingerprint density at radius 3 is 2.36 bits per heavy atom. The van der Waals surface area contributed by atoms with E-state index in [4.69, 9.17) is 45.8 Å². The van der Waals surface area contributed by atoms with Gasteiger partial charge in [-0.1, -0.05) is 94.5 Å². The number of esters is 1. The molecule has 9 N–H and O–H groups in total. The third kappa shape index (κ3) is 19.7. The highest BCUT2D eigenvalue weighted by atomic mass is 79.9. The van der Waals surface area contributed by atoms with Crippen molar-refractivity contribution in [3.63, 3.8) is 0 Å². The number of nitrogens with two attached hydrogens (primary N) is 1. The monoisotopic (exact) mass is 1390 g/mol. The first kappa shape index (κ1) is 73.7. The second-order valence-corrected chi connectivity index (χ2v) is 25.9. The number of epoxide rings is 1. The van der Waals surface area contributed by atoms with E-state index in [0.717, 1.165) is 28.4 Å². The van der Waals surface area contributed by atoms with Crippen LogP contribution in [-0.2, 0) is 54.1 Å². The number of hydrogen-bond acceptors (Lipinski definition) is 17. The number of methoxy groups -OCH3 is 2. The van der Waals surface area contributed by atoms with Gasteiger partial charge >= 0.3 is 18.1 Å². The van der Waals surface area contributed by atoms with E-state index in [2.05, 4.69) is 58.4 Å². The molecule has 0 aromatic heterocycles. The summed E-state index contributed by atoms with van der Waals surface area (Å²) in [4.78, 5) is 109. The van der Waals surface area contributed by atoms with Crippen LogP contribution in [-0.4, -0.2) is 180 Å². The number of aldehydes is 1. The molecule has 494 valence electrons. The molecular weight excluding hydrogens is 1310 g/mol. The molecular formula is C62H89Br2ClN8O16. The first-order valence-electron chi connectivity index (χ1n) is 29.7. The van der Waals surface area contributed by atoms with Gasteiger partial charge in [0.2, 0.25) is 17.7 Å². The van der Waals surface area contributed by atoms with Gasteiger partial charge < -0.3 is 80.2 Å². The lowest BCUT2D eigenvalue weighted by atomic mass is 9.83. The minimum Gasteiger partial charge on any atom is -0.506 e. The van der Waals surface area contributed by atoms with Crippen molar-refractivity contribution in [1.82, 2.24) is 26.2 Å². The van der Waals surface area contributed by atoms with E-state index in [1.807, 2.05) is 57.9 Å². The van der Waals surface area contributed by atoms with Crippen LogP contribution in [0.1, 0.15) is 123 Å². The van der Waals surface area contributed by atoms with Gasteiger partial charge in [-0.25, -0.2) is 14.4 Å². The van der Waals surface area contributed by atoms with Crippen LogP contribution in [0.25, 0.3) is 0 Å². The van der Waals surface area contributed by atoms with Crippen molar-refractivity contribution in [1.29, 1.82) is 0 Å². The molecule has 2 aromatic rings. The number of aliphatic hydroxyl groups is 1. The normalized spacial score (nSPS) is 24.1. The van der Waals surface area contributed by atoms with E-state index in [9.17, 15) is 48.6 Å². The predicted molar refractivity (Wildman–Crippen MR) is 342 cm³/mol. The number of nitrogens with zero attached hydrogens (tertiary/aromatic N) is 2. The van der Waals surface area contributed by atoms with E-state index < -0.39 is 124 Å². The topological polar surface area (TPSA) is 328 Å². The van der Waals surface area contributed by atoms with Crippen LogP contribution in [0, 0.1) is 11.8 Å². The average Bonchev–Trinajstić information content (AvgIpc) is 1.60. The third-order valence-electron chi connectivity index (χ3n) is 16.4. The van der Waals surface area contributed by atoms with E-state index >= 15 is 0 Å². The number of halogens is 3. The molecule has 3 heterocycles. The molecule has 4 bridgehead atoms. The number of anilines is 2. The van der Waals surface area contributed by atoms with Gasteiger partial charge in [-0.05, 0) is 109 Å². The van der Waals surface area contributed by atoms with Gasteiger partial charge in [0.1, 0.15) is 64.2 Å². The fraction of sp³-hybridized carbons (Fsp3) is 0.613. The van der Waals surface area contributed by atoms with Crippen LogP contribution in [0.2, 0.25) is 5.02 Å². The molecule has 0 saturated carbocycles. The zero-order chi connectivity index (χ0) is 66.3. The molecule has 0 spiro atoms. The van der Waals surface area contributed by atoms with Crippen LogP contribution in [0.3, 0.4) is 0 Å². The Balaban J connectivity index is 1.30. The second kappa shape index (κ2) is 32.3. The summed E-state index contributed by atoms with van der Waals surface area (Å²) in [6, 6.07) is 3.20. The molecule has 2 saturated heterocycles. The van der Waals surface area contributed by atoms with Crippen LogP contribution < -0.4 is 42.0 Å². The lowest BCUT2D eigenvalue weighted by Gasteiger charge is -2.42. The van der Waals surface area contributed by atoms with Crippen molar-refractivity contribution in [2.24, 2.45) is 17.6 Å². The summed E-state index contributed by atoms with van der Waals surface area (Å²) in [6.45, 7) is 14.6. The maximum atomic E-state index is 14.4. The van der Waals surface area contributed by atoms with Crippen LogP contribution in [0.4, 0.5) is 21.0 Å². The Kier molecular flexibility index (Phi) is 26.8. The summed E-state index contributed by atoms with van der Waals surface area (Å²) in [5.41, 5.74) is 2.79. The number of amides is 7. The molecule has 10 atom stereocenters. The van der Waals surface area contributed by atoms with Crippen molar-refractivity contribution in [3.8, 4) is 11.5 Å². The maximum absolute atomic E-state index is 14.4. The van der Waals surface area contributed by atoms with Crippen molar-refractivity contribution in [2.45, 2.75) is 178 Å². The number of aromatic hydroxyl groups is 1. The molecule has 89 heavy (non-hydrogen) atoms. The number of allylic oxidation sites excluding steroid dienone is 3. The molecule has 0 radical (unpaired) electrons. The van der Waals surface area contributed by atoms with Gasteiger partial charge in [-0.3, -0.25) is 24.5 Å². The molecule has 5 rings (SSSR count).